The van der Waals surface area contributed by atoms with Gasteiger partial charge in [-0.15, -0.1) is 0 Å². The van der Waals surface area contributed by atoms with Crippen LogP contribution in [-0.4, -0.2) is 33.2 Å². The smallest absolute Gasteiger partial charge is 0.414 e. The second-order valence-electron chi connectivity index (χ2n) is 3.86. The van der Waals surface area contributed by atoms with E-state index in [1.54, 1.807) is 0 Å². The van der Waals surface area contributed by atoms with E-state index < -0.39 is 17.9 Å². The topological polar surface area (TPSA) is 121 Å². The van der Waals surface area contributed by atoms with Crippen LogP contribution in [0.1, 0.15) is 6.92 Å². The molecule has 0 atom stereocenters. The van der Waals surface area contributed by atoms with Crippen molar-refractivity contribution in [1.82, 2.24) is 0 Å². The van der Waals surface area contributed by atoms with Gasteiger partial charge < -0.3 is 20.1 Å². The molecule has 23 heavy (non-hydrogen) atoms. The summed E-state index contributed by atoms with van der Waals surface area (Å²) >= 11 is 0. The van der Waals surface area contributed by atoms with E-state index in [0.29, 0.717) is 0 Å². The summed E-state index contributed by atoms with van der Waals surface area (Å²) in [6.07, 6.45) is 0. The van der Waals surface area contributed by atoms with E-state index in [4.69, 9.17) is 34.4 Å². The number of ether oxygens (including phenoxy) is 1. The predicted molar refractivity (Wildman–Crippen MR) is 81.5 cm³/mol. The first-order chi connectivity index (χ1) is 10.8. The molecule has 0 bridgehead atoms. The molecule has 0 saturated heterocycles. The molecule has 0 aliphatic rings. The van der Waals surface area contributed by atoms with Gasteiger partial charge in [-0.1, -0.05) is 36.4 Å². The number of hydrogen-bond donors (Lipinski definition) is 3. The van der Waals surface area contributed by atoms with E-state index in [2.05, 4.69) is 0 Å². The number of para-hydroxylation sites is 2. The molecule has 0 aromatic heterocycles. The highest BCUT2D eigenvalue weighted by Gasteiger charge is 2.04. The number of rotatable bonds is 2. The zero-order valence-corrected chi connectivity index (χ0v) is 12.2. The van der Waals surface area contributed by atoms with Crippen molar-refractivity contribution in [1.29, 1.82) is 0 Å². The second kappa shape index (κ2) is 11.3. The number of hydrogen-bond acceptors (Lipinski definition) is 4. The molecule has 0 fully saturated rings. The molecule has 7 heteroatoms. The second-order valence-corrected chi connectivity index (χ2v) is 3.86. The fraction of sp³-hybridized carbons (Fsp3) is 0.0625. The van der Waals surface area contributed by atoms with E-state index in [1.807, 2.05) is 60.7 Å². The fourth-order valence-corrected chi connectivity index (χ4v) is 1.11. The van der Waals surface area contributed by atoms with Gasteiger partial charge in [0.25, 0.3) is 5.97 Å². The molecule has 0 unspecified atom stereocenters. The lowest BCUT2D eigenvalue weighted by Crippen LogP contribution is -2.09. The van der Waals surface area contributed by atoms with Crippen LogP contribution in [0.4, 0.5) is 0 Å². The third-order valence-electron chi connectivity index (χ3n) is 1.91. The van der Waals surface area contributed by atoms with E-state index in [1.165, 1.54) is 0 Å². The summed E-state index contributed by atoms with van der Waals surface area (Å²) in [5.41, 5.74) is 0. The van der Waals surface area contributed by atoms with Crippen LogP contribution >= 0.6 is 0 Å². The highest BCUT2D eigenvalue weighted by atomic mass is 16.5. The first kappa shape index (κ1) is 19.7. The van der Waals surface area contributed by atoms with Gasteiger partial charge in [0, 0.05) is 6.92 Å². The highest BCUT2D eigenvalue weighted by molar-refractivity contribution is 6.27. The summed E-state index contributed by atoms with van der Waals surface area (Å²) in [5.74, 6) is -2.74. The Kier molecular flexibility index (Phi) is 9.68. The lowest BCUT2D eigenvalue weighted by molar-refractivity contribution is -0.159. The Morgan fingerprint density at radius 1 is 0.696 bits per heavy atom. The molecule has 0 heterocycles. The predicted octanol–water partition coefficient (Wildman–Crippen LogP) is 2.73. The van der Waals surface area contributed by atoms with Crippen LogP contribution in [0.15, 0.2) is 60.7 Å². The van der Waals surface area contributed by atoms with Crippen molar-refractivity contribution < 1.29 is 34.4 Å². The zero-order chi connectivity index (χ0) is 17.7. The van der Waals surface area contributed by atoms with Gasteiger partial charge >= 0.3 is 11.9 Å². The molecule has 0 aliphatic heterocycles. The lowest BCUT2D eigenvalue weighted by atomic mass is 10.3. The van der Waals surface area contributed by atoms with Gasteiger partial charge in [-0.05, 0) is 24.3 Å². The molecule has 0 spiro atoms. The summed E-state index contributed by atoms with van der Waals surface area (Å²) in [5, 5.41) is 22.2. The molecule has 122 valence electrons. The van der Waals surface area contributed by atoms with Gasteiger partial charge in [-0.3, -0.25) is 4.79 Å². The van der Waals surface area contributed by atoms with Crippen molar-refractivity contribution >= 4 is 17.9 Å². The van der Waals surface area contributed by atoms with Crippen LogP contribution in [0.3, 0.4) is 0 Å². The van der Waals surface area contributed by atoms with Crippen molar-refractivity contribution in [2.45, 2.75) is 6.92 Å². The largest absolute Gasteiger partial charge is 0.481 e. The Morgan fingerprint density at radius 3 is 1.17 bits per heavy atom. The highest BCUT2D eigenvalue weighted by Crippen LogP contribution is 2.19. The number of benzene rings is 2. The molecule has 0 amide bonds. The minimum Gasteiger partial charge on any atom is -0.481 e. The zero-order valence-electron chi connectivity index (χ0n) is 12.2. The third kappa shape index (κ3) is 12.1. The van der Waals surface area contributed by atoms with Gasteiger partial charge in [0.2, 0.25) is 0 Å². The number of carboxylic acids is 3. The molecule has 7 nitrogen and oxygen atoms in total. The number of carbonyl (C=O) groups is 3. The van der Waals surface area contributed by atoms with Crippen molar-refractivity contribution in [3.63, 3.8) is 0 Å². The molecular formula is C16H16O7. The first-order valence-electron chi connectivity index (χ1n) is 6.26. The Labute approximate surface area is 132 Å². The molecule has 2 aromatic carbocycles. The van der Waals surface area contributed by atoms with Crippen LogP contribution in [0.2, 0.25) is 0 Å². The summed E-state index contributed by atoms with van der Waals surface area (Å²) in [6.45, 7) is 1.08. The first-order valence-corrected chi connectivity index (χ1v) is 6.26. The minimum atomic E-state index is -1.82. The Hall–Kier alpha value is -3.35. The Morgan fingerprint density at radius 2 is 0.957 bits per heavy atom. The summed E-state index contributed by atoms with van der Waals surface area (Å²) in [4.78, 5) is 27.2. The summed E-state index contributed by atoms with van der Waals surface area (Å²) in [6, 6.07) is 19.5. The van der Waals surface area contributed by atoms with Crippen LogP contribution in [-0.2, 0) is 14.4 Å². The maximum atomic E-state index is 9.10. The van der Waals surface area contributed by atoms with E-state index in [-0.39, 0.29) is 0 Å². The Bertz CT molecular complexity index is 555. The molecule has 0 aliphatic carbocycles. The standard InChI is InChI=1S/C12H10O.C2H2O4.C2H4O2/c1-3-7-11(8-4-1)13-12-9-5-2-6-10-12;3-1(4)2(5)6;1-2(3)4/h1-10H;(H,3,4)(H,5,6);1H3,(H,3,4). The number of aliphatic carboxylic acids is 3. The third-order valence-corrected chi connectivity index (χ3v) is 1.91. The molecule has 0 radical (unpaired) electrons. The summed E-state index contributed by atoms with van der Waals surface area (Å²) < 4.78 is 5.58. The van der Waals surface area contributed by atoms with Crippen molar-refractivity contribution in [2.75, 3.05) is 0 Å². The van der Waals surface area contributed by atoms with Gasteiger partial charge in [0.05, 0.1) is 0 Å². The fourth-order valence-electron chi connectivity index (χ4n) is 1.11. The van der Waals surface area contributed by atoms with Crippen LogP contribution < -0.4 is 4.74 Å². The van der Waals surface area contributed by atoms with Gasteiger partial charge in [0.15, 0.2) is 0 Å². The molecule has 0 saturated carbocycles. The molecule has 2 rings (SSSR count). The number of carboxylic acid groups (broad SMARTS) is 3. The van der Waals surface area contributed by atoms with Crippen LogP contribution in [0.5, 0.6) is 11.5 Å². The van der Waals surface area contributed by atoms with Crippen molar-refractivity contribution in [2.24, 2.45) is 0 Å². The maximum Gasteiger partial charge on any atom is 0.414 e. The molecular weight excluding hydrogens is 304 g/mol. The van der Waals surface area contributed by atoms with E-state index >= 15 is 0 Å². The molecule has 2 aromatic rings. The van der Waals surface area contributed by atoms with Crippen molar-refractivity contribution in [3.05, 3.63) is 60.7 Å². The quantitative estimate of drug-likeness (QED) is 0.727. The van der Waals surface area contributed by atoms with Crippen molar-refractivity contribution in [3.8, 4) is 11.5 Å². The van der Waals surface area contributed by atoms with Gasteiger partial charge in [-0.25, -0.2) is 9.59 Å². The lowest BCUT2D eigenvalue weighted by Gasteiger charge is -2.03. The minimum absolute atomic E-state index is 0.833. The average Bonchev–Trinajstić information content (AvgIpc) is 2.49. The van der Waals surface area contributed by atoms with Crippen LogP contribution in [0, 0.1) is 0 Å². The SMILES string of the molecule is CC(=O)O.O=C(O)C(=O)O.c1ccc(Oc2ccccc2)cc1. The van der Waals surface area contributed by atoms with E-state index in [0.717, 1.165) is 18.4 Å². The van der Waals surface area contributed by atoms with Gasteiger partial charge in [0.1, 0.15) is 11.5 Å². The van der Waals surface area contributed by atoms with Crippen LogP contribution in [0.25, 0.3) is 0 Å². The van der Waals surface area contributed by atoms with Gasteiger partial charge in [-0.2, -0.15) is 0 Å². The maximum absolute atomic E-state index is 9.10. The average molecular weight is 320 g/mol. The Balaban J connectivity index is 0.000000407. The summed E-state index contributed by atoms with van der Waals surface area (Å²) in [7, 11) is 0. The van der Waals surface area contributed by atoms with E-state index in [9.17, 15) is 0 Å². The molecule has 3 N–H and O–H groups in total. The normalized spacial score (nSPS) is 8.39. The monoisotopic (exact) mass is 320 g/mol.